The third-order valence-electron chi connectivity index (χ3n) is 4.14. The van der Waals surface area contributed by atoms with Crippen molar-refractivity contribution in [2.75, 3.05) is 5.32 Å². The SMILES string of the molecule is O=C(NC(=S)Nc1cccc2ncccc12)c1ccc(-c2cc(Cl)ccc2Cl)o1. The van der Waals surface area contributed by atoms with Gasteiger partial charge in [-0.15, -0.1) is 0 Å². The van der Waals surface area contributed by atoms with Crippen molar-refractivity contribution < 1.29 is 9.21 Å². The van der Waals surface area contributed by atoms with Gasteiger partial charge in [-0.1, -0.05) is 29.3 Å². The zero-order valence-electron chi connectivity index (χ0n) is 14.8. The lowest BCUT2D eigenvalue weighted by molar-refractivity contribution is 0.0951. The number of pyridine rings is 1. The van der Waals surface area contributed by atoms with Gasteiger partial charge in [-0.25, -0.2) is 0 Å². The number of benzene rings is 2. The molecule has 0 fully saturated rings. The van der Waals surface area contributed by atoms with Crippen LogP contribution in [0.2, 0.25) is 10.0 Å². The second-order valence-corrected chi connectivity index (χ2v) is 7.32. The highest BCUT2D eigenvalue weighted by molar-refractivity contribution is 7.80. The van der Waals surface area contributed by atoms with Crippen LogP contribution in [0.25, 0.3) is 22.2 Å². The van der Waals surface area contributed by atoms with Gasteiger partial charge < -0.3 is 9.73 Å². The Balaban J connectivity index is 1.49. The summed E-state index contributed by atoms with van der Waals surface area (Å²) in [6, 6.07) is 17.6. The molecule has 0 aliphatic heterocycles. The first kappa shape index (κ1) is 19.4. The second kappa shape index (κ2) is 8.21. The van der Waals surface area contributed by atoms with Gasteiger partial charge in [0.25, 0.3) is 5.91 Å². The van der Waals surface area contributed by atoms with E-state index < -0.39 is 5.91 Å². The maximum atomic E-state index is 12.5. The molecule has 0 unspecified atom stereocenters. The fraction of sp³-hybridized carbons (Fsp3) is 0. The van der Waals surface area contributed by atoms with Crippen LogP contribution >= 0.6 is 35.4 Å². The highest BCUT2D eigenvalue weighted by atomic mass is 35.5. The molecule has 1 amide bonds. The van der Waals surface area contributed by atoms with E-state index in [4.69, 9.17) is 39.8 Å². The Kier molecular flexibility index (Phi) is 5.49. The first-order valence-electron chi connectivity index (χ1n) is 8.52. The number of hydrogen-bond donors (Lipinski definition) is 2. The number of furan rings is 1. The van der Waals surface area contributed by atoms with Crippen molar-refractivity contribution in [3.8, 4) is 11.3 Å². The van der Waals surface area contributed by atoms with Crippen molar-refractivity contribution >= 4 is 63.0 Å². The summed E-state index contributed by atoms with van der Waals surface area (Å²) >= 11 is 17.5. The monoisotopic (exact) mass is 441 g/mol. The summed E-state index contributed by atoms with van der Waals surface area (Å²) in [6.07, 6.45) is 1.72. The van der Waals surface area contributed by atoms with E-state index in [2.05, 4.69) is 15.6 Å². The highest BCUT2D eigenvalue weighted by Gasteiger charge is 2.16. The minimum Gasteiger partial charge on any atom is -0.451 e. The Bertz CT molecular complexity index is 1230. The fourth-order valence-corrected chi connectivity index (χ4v) is 3.41. The number of amides is 1. The quantitative estimate of drug-likeness (QED) is 0.385. The molecule has 0 bridgehead atoms. The molecule has 0 atom stereocenters. The third kappa shape index (κ3) is 4.24. The van der Waals surface area contributed by atoms with Gasteiger partial charge >= 0.3 is 0 Å². The molecule has 2 aromatic heterocycles. The van der Waals surface area contributed by atoms with Crippen molar-refractivity contribution in [3.05, 3.63) is 82.7 Å². The van der Waals surface area contributed by atoms with E-state index in [-0.39, 0.29) is 10.9 Å². The zero-order chi connectivity index (χ0) is 20.4. The molecule has 2 N–H and O–H groups in total. The summed E-state index contributed by atoms with van der Waals surface area (Å²) in [5.41, 5.74) is 2.16. The van der Waals surface area contributed by atoms with Crippen molar-refractivity contribution in [1.29, 1.82) is 0 Å². The number of hydrogen-bond acceptors (Lipinski definition) is 4. The molecule has 4 aromatic rings. The van der Waals surface area contributed by atoms with Gasteiger partial charge in [-0.3, -0.25) is 15.1 Å². The molecule has 0 aliphatic carbocycles. The van der Waals surface area contributed by atoms with E-state index in [1.54, 1.807) is 36.5 Å². The Labute approximate surface area is 181 Å². The lowest BCUT2D eigenvalue weighted by atomic mass is 10.2. The van der Waals surface area contributed by atoms with Crippen LogP contribution in [0.3, 0.4) is 0 Å². The lowest BCUT2D eigenvalue weighted by Crippen LogP contribution is -2.33. The van der Waals surface area contributed by atoms with Crippen molar-refractivity contribution in [2.24, 2.45) is 0 Å². The molecule has 0 spiro atoms. The Morgan fingerprint density at radius 2 is 1.90 bits per heavy atom. The maximum Gasteiger partial charge on any atom is 0.293 e. The number of aromatic nitrogens is 1. The number of carbonyl (C=O) groups excluding carboxylic acids is 1. The van der Waals surface area contributed by atoms with Crippen LogP contribution in [-0.4, -0.2) is 16.0 Å². The van der Waals surface area contributed by atoms with Gasteiger partial charge in [0.05, 0.1) is 10.5 Å². The van der Waals surface area contributed by atoms with Gasteiger partial charge in [-0.05, 0) is 66.8 Å². The number of anilines is 1. The van der Waals surface area contributed by atoms with Crippen molar-refractivity contribution in [1.82, 2.24) is 10.3 Å². The third-order valence-corrected chi connectivity index (χ3v) is 4.91. The summed E-state index contributed by atoms with van der Waals surface area (Å²) in [5, 5.41) is 7.65. The summed E-state index contributed by atoms with van der Waals surface area (Å²) in [4.78, 5) is 16.8. The molecule has 0 saturated heterocycles. The molecule has 2 aromatic carbocycles. The van der Waals surface area contributed by atoms with E-state index in [1.807, 2.05) is 30.3 Å². The fourth-order valence-electron chi connectivity index (χ4n) is 2.82. The number of thiocarbonyl (C=S) groups is 1. The molecule has 144 valence electrons. The average molecular weight is 442 g/mol. The van der Waals surface area contributed by atoms with Crippen LogP contribution < -0.4 is 10.6 Å². The molecule has 29 heavy (non-hydrogen) atoms. The number of nitrogens with zero attached hydrogens (tertiary/aromatic N) is 1. The van der Waals surface area contributed by atoms with Gasteiger partial charge in [0.1, 0.15) is 5.76 Å². The number of rotatable bonds is 3. The average Bonchev–Trinajstić information content (AvgIpc) is 3.20. The second-order valence-electron chi connectivity index (χ2n) is 6.07. The number of nitrogens with one attached hydrogen (secondary N) is 2. The van der Waals surface area contributed by atoms with Crippen LogP contribution in [0, 0.1) is 0 Å². The molecule has 8 heteroatoms. The topological polar surface area (TPSA) is 67.2 Å². The zero-order valence-corrected chi connectivity index (χ0v) is 17.1. The van der Waals surface area contributed by atoms with Crippen LogP contribution in [0.1, 0.15) is 10.6 Å². The first-order chi connectivity index (χ1) is 14.0. The Hall–Kier alpha value is -2.93. The first-order valence-corrected chi connectivity index (χ1v) is 9.69. The van der Waals surface area contributed by atoms with Crippen molar-refractivity contribution in [2.45, 2.75) is 0 Å². The van der Waals surface area contributed by atoms with E-state index in [0.29, 0.717) is 21.4 Å². The molecule has 0 aliphatic rings. The van der Waals surface area contributed by atoms with Gasteiger partial charge in [0.2, 0.25) is 0 Å². The summed E-state index contributed by atoms with van der Waals surface area (Å²) in [5.74, 6) is 0.0479. The highest BCUT2D eigenvalue weighted by Crippen LogP contribution is 2.31. The van der Waals surface area contributed by atoms with E-state index in [0.717, 1.165) is 16.6 Å². The summed E-state index contributed by atoms with van der Waals surface area (Å²) < 4.78 is 5.64. The van der Waals surface area contributed by atoms with Gasteiger partial charge in [0.15, 0.2) is 10.9 Å². The van der Waals surface area contributed by atoms with Crippen LogP contribution in [0.15, 0.2) is 71.3 Å². The van der Waals surface area contributed by atoms with Crippen LogP contribution in [0.5, 0.6) is 0 Å². The number of halogens is 2. The maximum absolute atomic E-state index is 12.5. The van der Waals surface area contributed by atoms with E-state index in [1.165, 1.54) is 0 Å². The number of carbonyl (C=O) groups is 1. The summed E-state index contributed by atoms with van der Waals surface area (Å²) in [7, 11) is 0. The largest absolute Gasteiger partial charge is 0.451 e. The standard InChI is InChI=1S/C21H13Cl2N3O2S/c22-12-6-7-15(23)14(11-12)18-8-9-19(28-18)20(27)26-21(29)25-17-5-1-4-16-13(17)3-2-10-24-16/h1-11H,(H2,25,26,27,29). The smallest absolute Gasteiger partial charge is 0.293 e. The normalized spacial score (nSPS) is 10.7. The minimum atomic E-state index is -0.481. The van der Waals surface area contributed by atoms with E-state index >= 15 is 0 Å². The van der Waals surface area contributed by atoms with Crippen LogP contribution in [0.4, 0.5) is 5.69 Å². The van der Waals surface area contributed by atoms with E-state index in [9.17, 15) is 4.79 Å². The Morgan fingerprint density at radius 1 is 1.03 bits per heavy atom. The summed E-state index contributed by atoms with van der Waals surface area (Å²) in [6.45, 7) is 0. The molecule has 4 rings (SSSR count). The molecular formula is C21H13Cl2N3O2S. The van der Waals surface area contributed by atoms with Crippen molar-refractivity contribution in [3.63, 3.8) is 0 Å². The predicted molar refractivity (Wildman–Crippen MR) is 120 cm³/mol. The molecule has 0 saturated carbocycles. The number of fused-ring (bicyclic) bond motifs is 1. The van der Waals surface area contributed by atoms with Gasteiger partial charge in [0, 0.05) is 27.9 Å². The Morgan fingerprint density at radius 3 is 2.76 bits per heavy atom. The van der Waals surface area contributed by atoms with Gasteiger partial charge in [-0.2, -0.15) is 0 Å². The molecule has 5 nitrogen and oxygen atoms in total. The lowest BCUT2D eigenvalue weighted by Gasteiger charge is -2.10. The molecule has 2 heterocycles. The van der Waals surface area contributed by atoms with Crippen LogP contribution in [-0.2, 0) is 0 Å². The molecular weight excluding hydrogens is 429 g/mol. The molecule has 0 radical (unpaired) electrons. The predicted octanol–water partition coefficient (Wildman–Crippen LogP) is 5.93. The minimum absolute atomic E-state index is 0.0970.